The van der Waals surface area contributed by atoms with Crippen LogP contribution in [0.1, 0.15) is 52.9 Å². The molecule has 2 aliphatic rings. The molecule has 8 heteroatoms. The first-order chi connectivity index (χ1) is 16.3. The molecule has 34 heavy (non-hydrogen) atoms. The lowest BCUT2D eigenvalue weighted by Crippen LogP contribution is -2.48. The summed E-state index contributed by atoms with van der Waals surface area (Å²) in [5.74, 6) is 0.529. The van der Waals surface area contributed by atoms with E-state index in [2.05, 4.69) is 12.3 Å². The van der Waals surface area contributed by atoms with Crippen molar-refractivity contribution in [3.8, 4) is 0 Å². The SMILES string of the molecule is C\C=C/C(=C\C=C(/C)O)C1CC(C(=O)NN2CCCCCC(C)C2)=NN1c1ccc(Cl)cc1Cl. The molecular weight excluding hydrogens is 471 g/mol. The standard InChI is InChI=1S/C26H34Cl2N4O2/c1-4-8-20(11-10-19(3)33)25-16-23(29-32(25)24-13-12-21(27)15-22(24)28)26(34)30-31-14-7-5-6-9-18(2)17-31/h4,8,10-13,15,18,25,33H,5-7,9,14,16-17H2,1-3H3,(H,30,34)/b8-4-,19-10+,20-11+. The molecule has 0 spiro atoms. The van der Waals surface area contributed by atoms with Gasteiger partial charge in [0, 0.05) is 24.5 Å². The molecule has 1 amide bonds. The van der Waals surface area contributed by atoms with Gasteiger partial charge in [-0.1, -0.05) is 61.2 Å². The normalized spacial score (nSPS) is 23.1. The Labute approximate surface area is 212 Å². The number of aliphatic hydroxyl groups is 1. The first kappa shape index (κ1) is 26.3. The third-order valence-corrected chi connectivity index (χ3v) is 6.54. The number of halogens is 2. The number of hydrazone groups is 1. The Kier molecular flexibility index (Phi) is 9.63. The molecule has 6 nitrogen and oxygen atoms in total. The first-order valence-corrected chi connectivity index (χ1v) is 12.6. The smallest absolute Gasteiger partial charge is 0.281 e. The largest absolute Gasteiger partial charge is 0.513 e. The Morgan fingerprint density at radius 1 is 1.24 bits per heavy atom. The average Bonchev–Trinajstić information content (AvgIpc) is 3.19. The molecule has 2 aliphatic heterocycles. The maximum Gasteiger partial charge on any atom is 0.281 e. The second kappa shape index (κ2) is 12.4. The molecule has 1 fully saturated rings. The fourth-order valence-electron chi connectivity index (χ4n) is 4.32. The second-order valence-corrected chi connectivity index (χ2v) is 9.87. The highest BCUT2D eigenvalue weighted by Crippen LogP contribution is 2.36. The average molecular weight is 505 g/mol. The van der Waals surface area contributed by atoms with Crippen molar-refractivity contribution >= 4 is 40.5 Å². The van der Waals surface area contributed by atoms with Gasteiger partial charge in [0.25, 0.3) is 5.91 Å². The molecule has 2 N–H and O–H groups in total. The van der Waals surface area contributed by atoms with Crippen molar-refractivity contribution in [3.05, 3.63) is 63.9 Å². The van der Waals surface area contributed by atoms with E-state index in [1.807, 2.05) is 36.2 Å². The van der Waals surface area contributed by atoms with E-state index in [4.69, 9.17) is 28.3 Å². The van der Waals surface area contributed by atoms with Crippen LogP contribution in [0, 0.1) is 5.92 Å². The molecule has 1 saturated heterocycles. The number of allylic oxidation sites excluding steroid dienone is 4. The minimum atomic E-state index is -0.266. The second-order valence-electron chi connectivity index (χ2n) is 9.02. The zero-order chi connectivity index (χ0) is 24.7. The van der Waals surface area contributed by atoms with Gasteiger partial charge >= 0.3 is 0 Å². The van der Waals surface area contributed by atoms with E-state index < -0.39 is 0 Å². The molecule has 1 aromatic rings. The van der Waals surface area contributed by atoms with Gasteiger partial charge in [-0.25, -0.2) is 5.01 Å². The summed E-state index contributed by atoms with van der Waals surface area (Å²) in [4.78, 5) is 13.3. The topological polar surface area (TPSA) is 68.2 Å². The predicted molar refractivity (Wildman–Crippen MR) is 141 cm³/mol. The van der Waals surface area contributed by atoms with Gasteiger partial charge in [0.1, 0.15) is 5.71 Å². The van der Waals surface area contributed by atoms with Crippen molar-refractivity contribution in [3.63, 3.8) is 0 Å². The van der Waals surface area contributed by atoms with Gasteiger partial charge in [0.05, 0.1) is 22.5 Å². The van der Waals surface area contributed by atoms with Crippen molar-refractivity contribution in [2.24, 2.45) is 11.0 Å². The van der Waals surface area contributed by atoms with Gasteiger partial charge in [-0.05, 0) is 62.5 Å². The number of nitrogens with zero attached hydrogens (tertiary/aromatic N) is 3. The van der Waals surface area contributed by atoms with Gasteiger partial charge in [-0.2, -0.15) is 5.10 Å². The number of hydrogen-bond acceptors (Lipinski definition) is 5. The van der Waals surface area contributed by atoms with Crippen LogP contribution in [0.2, 0.25) is 10.0 Å². The van der Waals surface area contributed by atoms with E-state index in [1.54, 1.807) is 30.1 Å². The highest BCUT2D eigenvalue weighted by atomic mass is 35.5. The lowest BCUT2D eigenvalue weighted by molar-refractivity contribution is -0.119. The summed E-state index contributed by atoms with van der Waals surface area (Å²) in [5.41, 5.74) is 5.09. The van der Waals surface area contributed by atoms with Gasteiger partial charge in [0.2, 0.25) is 0 Å². The van der Waals surface area contributed by atoms with Gasteiger partial charge in [0.15, 0.2) is 0 Å². The molecule has 0 aliphatic carbocycles. The predicted octanol–water partition coefficient (Wildman–Crippen LogP) is 6.44. The Morgan fingerprint density at radius 2 is 2.03 bits per heavy atom. The van der Waals surface area contributed by atoms with Crippen LogP contribution in [-0.4, -0.2) is 40.9 Å². The van der Waals surface area contributed by atoms with Gasteiger partial charge in [-0.15, -0.1) is 0 Å². The number of carbonyl (C=O) groups is 1. The lowest BCUT2D eigenvalue weighted by atomic mass is 9.99. The van der Waals surface area contributed by atoms with E-state index in [0.29, 0.717) is 33.8 Å². The number of hydrazine groups is 1. The summed E-state index contributed by atoms with van der Waals surface area (Å²) in [6.45, 7) is 7.44. The van der Waals surface area contributed by atoms with Crippen LogP contribution >= 0.6 is 23.2 Å². The zero-order valence-corrected chi connectivity index (χ0v) is 21.6. The van der Waals surface area contributed by atoms with Crippen LogP contribution in [0.5, 0.6) is 0 Å². The minimum absolute atomic E-state index is 0.195. The molecule has 0 saturated carbocycles. The van der Waals surface area contributed by atoms with Crippen LogP contribution in [0.15, 0.2) is 58.9 Å². The third-order valence-electron chi connectivity index (χ3n) is 6.01. The van der Waals surface area contributed by atoms with Crippen molar-refractivity contribution in [2.45, 2.75) is 58.9 Å². The molecule has 184 valence electrons. The Bertz CT molecular complexity index is 999. The quantitative estimate of drug-likeness (QED) is 0.345. The van der Waals surface area contributed by atoms with Crippen molar-refractivity contribution in [1.29, 1.82) is 0 Å². The van der Waals surface area contributed by atoms with Gasteiger partial charge in [-0.3, -0.25) is 15.2 Å². The van der Waals surface area contributed by atoms with Crippen LogP contribution in [0.3, 0.4) is 0 Å². The van der Waals surface area contributed by atoms with E-state index in [1.165, 1.54) is 19.3 Å². The van der Waals surface area contributed by atoms with Crippen LogP contribution in [0.4, 0.5) is 5.69 Å². The Morgan fingerprint density at radius 3 is 2.74 bits per heavy atom. The maximum atomic E-state index is 13.3. The fourth-order valence-corrected chi connectivity index (χ4v) is 4.82. The number of aliphatic hydroxyl groups excluding tert-OH is 1. The van der Waals surface area contributed by atoms with Crippen molar-refractivity contribution in [2.75, 3.05) is 18.1 Å². The Hall–Kier alpha value is -2.28. The number of anilines is 1. The monoisotopic (exact) mass is 504 g/mol. The Balaban J connectivity index is 1.91. The molecule has 0 aromatic heterocycles. The van der Waals surface area contributed by atoms with Crippen LogP contribution < -0.4 is 10.4 Å². The molecule has 0 bridgehead atoms. The van der Waals surface area contributed by atoms with E-state index in [0.717, 1.165) is 25.1 Å². The fraction of sp³-hybridized carbons (Fsp3) is 0.462. The summed E-state index contributed by atoms with van der Waals surface area (Å²) in [7, 11) is 0. The highest BCUT2D eigenvalue weighted by molar-refractivity contribution is 6.40. The number of hydrogen-bond donors (Lipinski definition) is 2. The number of benzene rings is 1. The maximum absolute atomic E-state index is 13.3. The summed E-state index contributed by atoms with van der Waals surface area (Å²) in [6.07, 6.45) is 12.4. The molecule has 2 heterocycles. The molecular formula is C26H34Cl2N4O2. The highest BCUT2D eigenvalue weighted by Gasteiger charge is 2.34. The molecule has 2 unspecified atom stereocenters. The summed E-state index contributed by atoms with van der Waals surface area (Å²) in [6, 6.07) is 4.97. The number of nitrogens with one attached hydrogen (secondary N) is 1. The molecule has 0 radical (unpaired) electrons. The van der Waals surface area contributed by atoms with Crippen LogP contribution in [-0.2, 0) is 4.79 Å². The summed E-state index contributed by atoms with van der Waals surface area (Å²) in [5, 5.41) is 19.2. The van der Waals surface area contributed by atoms with Crippen molar-refractivity contribution < 1.29 is 9.90 Å². The lowest BCUT2D eigenvalue weighted by Gasteiger charge is -2.28. The third kappa shape index (κ3) is 7.11. The molecule has 2 atom stereocenters. The summed E-state index contributed by atoms with van der Waals surface area (Å²) >= 11 is 12.6. The summed E-state index contributed by atoms with van der Waals surface area (Å²) < 4.78 is 0. The van der Waals surface area contributed by atoms with E-state index in [-0.39, 0.29) is 17.7 Å². The van der Waals surface area contributed by atoms with E-state index in [9.17, 15) is 9.90 Å². The zero-order valence-electron chi connectivity index (χ0n) is 20.1. The van der Waals surface area contributed by atoms with Crippen LogP contribution in [0.25, 0.3) is 0 Å². The van der Waals surface area contributed by atoms with Gasteiger partial charge < -0.3 is 5.11 Å². The number of rotatable bonds is 6. The van der Waals surface area contributed by atoms with E-state index >= 15 is 0 Å². The minimum Gasteiger partial charge on any atom is -0.513 e. The van der Waals surface area contributed by atoms with Crippen molar-refractivity contribution in [1.82, 2.24) is 10.4 Å². The molecule has 1 aromatic carbocycles. The first-order valence-electron chi connectivity index (χ1n) is 11.9. The molecule has 3 rings (SSSR count). The number of carbonyl (C=O) groups excluding carboxylic acids is 1. The number of amides is 1.